The molecule has 0 bridgehead atoms. The average Bonchev–Trinajstić information content (AvgIpc) is 2.66. The minimum atomic E-state index is 0.292. The minimum absolute atomic E-state index is 0.292. The van der Waals surface area contributed by atoms with Crippen LogP contribution in [0.3, 0.4) is 0 Å². The standard InChI is InChI=1S/C14H20O2.C8H8O/c1-3-5-10-15-11-12-16-14-8-6-13(4-2)7-9-14;1-2-7-3-5-8(9)6-4-7/h4,6-9H,2-3,5,10-12H2,1H3;2-6,9H,1H2. The summed E-state index contributed by atoms with van der Waals surface area (Å²) in [7, 11) is 0. The molecule has 0 aliphatic rings. The predicted octanol–water partition coefficient (Wildman–Crippen LogP) is 5.56. The van der Waals surface area contributed by atoms with Gasteiger partial charge in [-0.1, -0.05) is 62.9 Å². The first-order chi connectivity index (χ1) is 12.2. The van der Waals surface area contributed by atoms with E-state index in [-0.39, 0.29) is 0 Å². The summed E-state index contributed by atoms with van der Waals surface area (Å²) in [6.45, 7) is 11.5. The van der Waals surface area contributed by atoms with E-state index >= 15 is 0 Å². The summed E-state index contributed by atoms with van der Waals surface area (Å²) in [6.07, 6.45) is 5.84. The van der Waals surface area contributed by atoms with Crippen molar-refractivity contribution in [3.8, 4) is 11.5 Å². The van der Waals surface area contributed by atoms with Crippen LogP contribution in [0.15, 0.2) is 61.7 Å². The van der Waals surface area contributed by atoms with E-state index in [1.807, 2.05) is 42.5 Å². The minimum Gasteiger partial charge on any atom is -0.508 e. The van der Waals surface area contributed by atoms with Crippen LogP contribution in [0.5, 0.6) is 11.5 Å². The topological polar surface area (TPSA) is 38.7 Å². The zero-order chi connectivity index (χ0) is 18.3. The van der Waals surface area contributed by atoms with Crippen molar-refractivity contribution in [2.45, 2.75) is 19.8 Å². The predicted molar refractivity (Wildman–Crippen MR) is 106 cm³/mol. The van der Waals surface area contributed by atoms with E-state index in [1.165, 1.54) is 6.42 Å². The Balaban J connectivity index is 0.000000293. The Bertz CT molecular complexity index is 600. The number of unbranched alkanes of at least 4 members (excludes halogenated alkanes) is 1. The highest BCUT2D eigenvalue weighted by Gasteiger charge is 1.93. The maximum atomic E-state index is 8.82. The molecule has 0 atom stereocenters. The van der Waals surface area contributed by atoms with Crippen LogP contribution in [0.25, 0.3) is 12.2 Å². The van der Waals surface area contributed by atoms with Crippen LogP contribution < -0.4 is 4.74 Å². The molecule has 3 heteroatoms. The molecule has 25 heavy (non-hydrogen) atoms. The van der Waals surface area contributed by atoms with Gasteiger partial charge in [-0.3, -0.25) is 0 Å². The molecule has 0 fully saturated rings. The number of phenolic OH excluding ortho intramolecular Hbond substituents is 1. The SMILES string of the molecule is C=Cc1ccc(O)cc1.C=Cc1ccc(OCCOCCCC)cc1. The first-order valence-corrected chi connectivity index (χ1v) is 8.54. The third-order valence-corrected chi connectivity index (χ3v) is 3.38. The van der Waals surface area contributed by atoms with E-state index in [9.17, 15) is 0 Å². The van der Waals surface area contributed by atoms with Crippen molar-refractivity contribution < 1.29 is 14.6 Å². The fraction of sp³-hybridized carbons (Fsp3) is 0.273. The van der Waals surface area contributed by atoms with Crippen molar-refractivity contribution in [2.24, 2.45) is 0 Å². The van der Waals surface area contributed by atoms with E-state index < -0.39 is 0 Å². The molecule has 0 heterocycles. The first kappa shape index (κ1) is 20.5. The molecule has 0 saturated heterocycles. The molecule has 0 aliphatic carbocycles. The highest BCUT2D eigenvalue weighted by Crippen LogP contribution is 2.12. The summed E-state index contributed by atoms with van der Waals surface area (Å²) in [5.41, 5.74) is 2.12. The molecule has 2 aromatic rings. The molecule has 3 nitrogen and oxygen atoms in total. The summed E-state index contributed by atoms with van der Waals surface area (Å²) in [5, 5.41) is 8.82. The van der Waals surface area contributed by atoms with E-state index in [0.717, 1.165) is 29.9 Å². The third-order valence-electron chi connectivity index (χ3n) is 3.38. The van der Waals surface area contributed by atoms with Crippen LogP contribution in [0.2, 0.25) is 0 Å². The first-order valence-electron chi connectivity index (χ1n) is 8.54. The molecular formula is C22H28O3. The molecule has 0 aromatic heterocycles. The number of benzene rings is 2. The highest BCUT2D eigenvalue weighted by atomic mass is 16.5. The Morgan fingerprint density at radius 1 is 0.840 bits per heavy atom. The summed E-state index contributed by atoms with van der Waals surface area (Å²) in [4.78, 5) is 0. The van der Waals surface area contributed by atoms with Crippen LogP contribution in [0, 0.1) is 0 Å². The zero-order valence-corrected chi connectivity index (χ0v) is 15.0. The van der Waals surface area contributed by atoms with Gasteiger partial charge in [0, 0.05) is 6.61 Å². The molecular weight excluding hydrogens is 312 g/mol. The lowest BCUT2D eigenvalue weighted by Crippen LogP contribution is -2.07. The van der Waals surface area contributed by atoms with Gasteiger partial charge in [0.05, 0.1) is 6.61 Å². The van der Waals surface area contributed by atoms with Gasteiger partial charge in [-0.05, 0) is 41.8 Å². The van der Waals surface area contributed by atoms with Crippen LogP contribution in [-0.4, -0.2) is 24.9 Å². The van der Waals surface area contributed by atoms with Crippen LogP contribution in [-0.2, 0) is 4.74 Å². The lowest BCUT2D eigenvalue weighted by molar-refractivity contribution is 0.0980. The van der Waals surface area contributed by atoms with Gasteiger partial charge in [0.1, 0.15) is 18.1 Å². The van der Waals surface area contributed by atoms with Gasteiger partial charge in [0.2, 0.25) is 0 Å². The quantitative estimate of drug-likeness (QED) is 0.607. The fourth-order valence-corrected chi connectivity index (χ4v) is 1.88. The van der Waals surface area contributed by atoms with E-state index in [4.69, 9.17) is 14.6 Å². The van der Waals surface area contributed by atoms with Gasteiger partial charge in [0.25, 0.3) is 0 Å². The third kappa shape index (κ3) is 9.38. The van der Waals surface area contributed by atoms with Crippen molar-refractivity contribution in [3.05, 3.63) is 72.8 Å². The molecule has 0 radical (unpaired) electrons. The van der Waals surface area contributed by atoms with Gasteiger partial charge in [0.15, 0.2) is 0 Å². The molecule has 2 rings (SSSR count). The molecule has 1 N–H and O–H groups in total. The largest absolute Gasteiger partial charge is 0.508 e. The van der Waals surface area contributed by atoms with Gasteiger partial charge in [-0.2, -0.15) is 0 Å². The Hall–Kier alpha value is -2.52. The van der Waals surface area contributed by atoms with Crippen molar-refractivity contribution >= 4 is 12.2 Å². The van der Waals surface area contributed by atoms with Crippen LogP contribution in [0.1, 0.15) is 30.9 Å². The smallest absolute Gasteiger partial charge is 0.119 e. The molecule has 0 unspecified atom stereocenters. The average molecular weight is 340 g/mol. The fourth-order valence-electron chi connectivity index (χ4n) is 1.88. The number of hydrogen-bond acceptors (Lipinski definition) is 3. The molecule has 0 saturated carbocycles. The maximum absolute atomic E-state index is 8.82. The molecule has 0 aliphatic heterocycles. The summed E-state index contributed by atoms with van der Waals surface area (Å²) >= 11 is 0. The molecule has 0 spiro atoms. The molecule has 134 valence electrons. The van der Waals surface area contributed by atoms with Crippen LogP contribution >= 0.6 is 0 Å². The van der Waals surface area contributed by atoms with E-state index in [2.05, 4.69) is 20.1 Å². The number of hydrogen-bond donors (Lipinski definition) is 1. The van der Waals surface area contributed by atoms with Gasteiger partial charge in [-0.15, -0.1) is 0 Å². The lowest BCUT2D eigenvalue weighted by atomic mass is 10.2. The highest BCUT2D eigenvalue weighted by molar-refractivity contribution is 5.48. The maximum Gasteiger partial charge on any atom is 0.119 e. The van der Waals surface area contributed by atoms with Crippen molar-refractivity contribution in [1.29, 1.82) is 0 Å². The van der Waals surface area contributed by atoms with Crippen molar-refractivity contribution in [2.75, 3.05) is 19.8 Å². The Morgan fingerprint density at radius 2 is 1.40 bits per heavy atom. The Labute approximate surface area is 151 Å². The second-order valence-electron chi connectivity index (χ2n) is 5.38. The van der Waals surface area contributed by atoms with Gasteiger partial charge >= 0.3 is 0 Å². The van der Waals surface area contributed by atoms with Crippen LogP contribution in [0.4, 0.5) is 0 Å². The monoisotopic (exact) mass is 340 g/mol. The Kier molecular flexibility index (Phi) is 10.5. The van der Waals surface area contributed by atoms with Gasteiger partial charge in [-0.25, -0.2) is 0 Å². The van der Waals surface area contributed by atoms with Crippen molar-refractivity contribution in [1.82, 2.24) is 0 Å². The number of rotatable bonds is 9. The summed E-state index contributed by atoms with van der Waals surface area (Å²) < 4.78 is 10.9. The van der Waals surface area contributed by atoms with E-state index in [0.29, 0.717) is 19.0 Å². The second-order valence-corrected chi connectivity index (χ2v) is 5.38. The Morgan fingerprint density at radius 3 is 1.92 bits per heavy atom. The number of aromatic hydroxyl groups is 1. The molecule has 2 aromatic carbocycles. The van der Waals surface area contributed by atoms with Crippen molar-refractivity contribution in [3.63, 3.8) is 0 Å². The normalized spacial score (nSPS) is 9.64. The summed E-state index contributed by atoms with van der Waals surface area (Å²) in [5.74, 6) is 1.17. The lowest BCUT2D eigenvalue weighted by Gasteiger charge is -2.06. The number of phenols is 1. The second kappa shape index (κ2) is 12.8. The van der Waals surface area contributed by atoms with E-state index in [1.54, 1.807) is 18.2 Å². The van der Waals surface area contributed by atoms with Gasteiger partial charge < -0.3 is 14.6 Å². The number of ether oxygens (including phenoxy) is 2. The summed E-state index contributed by atoms with van der Waals surface area (Å²) in [6, 6.07) is 14.8. The zero-order valence-electron chi connectivity index (χ0n) is 15.0. The molecule has 0 amide bonds.